The smallest absolute Gasteiger partial charge is 0.759 e. The van der Waals surface area contributed by atoms with Gasteiger partial charge in [-0.1, -0.05) is 0 Å². The minimum Gasteiger partial charge on any atom is -0.759 e. The maximum Gasteiger partial charge on any atom is 4.00 e. The summed E-state index contributed by atoms with van der Waals surface area (Å²) in [4.78, 5) is 0. The molecule has 0 spiro atoms. The van der Waals surface area contributed by atoms with Crippen LogP contribution in [0.3, 0.4) is 0 Å². The Labute approximate surface area is 116 Å². The third kappa shape index (κ3) is 51.4. The molecule has 0 aliphatic carbocycles. The Morgan fingerprint density at radius 3 is 1.14 bits per heavy atom. The Balaban J connectivity index is -0.0000000800. The van der Waals surface area contributed by atoms with E-state index < -0.39 is 10.4 Å². The average Bonchev–Trinajstić information content (AvgIpc) is 0.722. The first-order valence-corrected chi connectivity index (χ1v) is 2.00. The van der Waals surface area contributed by atoms with Gasteiger partial charge in [0.15, 0.2) is 0 Å². The van der Waals surface area contributed by atoms with Crippen LogP contribution < -0.4 is 51.4 Å². The number of rotatable bonds is 0. The Bertz CT molecular complexity index is 94.9. The van der Waals surface area contributed by atoms with E-state index in [0.29, 0.717) is 0 Å². The van der Waals surface area contributed by atoms with Crippen molar-refractivity contribution in [3.63, 3.8) is 0 Å². The molecule has 0 aromatic rings. The molecule has 0 N–H and O–H groups in total. The van der Waals surface area contributed by atoms with Gasteiger partial charge in [-0.15, -0.1) is 0 Å². The molecule has 0 rings (SSSR count). The summed E-state index contributed by atoms with van der Waals surface area (Å²) in [6.45, 7) is 0. The normalized spacial score (nSPS) is 8.29. The molecule has 0 heterocycles. The van der Waals surface area contributed by atoms with Crippen molar-refractivity contribution in [1.82, 2.24) is 0 Å². The molecule has 32 valence electrons. The molecule has 0 radical (unpaired) electrons. The first kappa shape index (κ1) is 16.4. The summed E-state index contributed by atoms with van der Waals surface area (Å²) < 4.78 is 34.1. The minimum absolute atomic E-state index is 0. The zero-order valence-corrected chi connectivity index (χ0v) is 11.6. The fourth-order valence-corrected chi connectivity index (χ4v) is 0. The van der Waals surface area contributed by atoms with Crippen LogP contribution in [0.25, 0.3) is 0 Å². The fourth-order valence-electron chi connectivity index (χ4n) is 0. The zero-order chi connectivity index (χ0) is 4.50. The second kappa shape index (κ2) is 6.94. The van der Waals surface area contributed by atoms with Gasteiger partial charge in [0.2, 0.25) is 0 Å². The quantitative estimate of drug-likeness (QED) is 0.246. The summed E-state index contributed by atoms with van der Waals surface area (Å²) in [5, 5.41) is 0. The predicted octanol–water partition coefficient (Wildman–Crippen LogP) is -4.33. The van der Waals surface area contributed by atoms with Gasteiger partial charge >= 0.3 is 91.3 Å². The molecule has 0 amide bonds. The van der Waals surface area contributed by atoms with Gasteiger partial charge in [0.25, 0.3) is 0 Å². The summed E-state index contributed by atoms with van der Waals surface area (Å²) in [6, 6.07) is 0. The fraction of sp³-hybridized carbons (Fsp3) is 0. The molecule has 0 bridgehead atoms. The van der Waals surface area contributed by atoms with Gasteiger partial charge in [-0.2, -0.15) is 0 Å². The van der Waals surface area contributed by atoms with Crippen molar-refractivity contribution in [3.05, 3.63) is 0 Å². The number of hydrogen-bond acceptors (Lipinski definition) is 4. The molecule has 7 heavy (non-hydrogen) atoms. The van der Waals surface area contributed by atoms with Crippen molar-refractivity contribution >= 4 is 10.4 Å². The van der Waals surface area contributed by atoms with Crippen molar-refractivity contribution in [1.29, 1.82) is 0 Å². The molecule has 0 aromatic carbocycles. The molecule has 0 saturated heterocycles. The predicted molar refractivity (Wildman–Crippen MR) is 10.5 cm³/mol. The van der Waals surface area contributed by atoms with Gasteiger partial charge in [-0.3, -0.25) is 8.42 Å². The van der Waals surface area contributed by atoms with E-state index in [9.17, 15) is 0 Å². The van der Waals surface area contributed by atoms with Crippen LogP contribution in [0.2, 0.25) is 0 Å². The SMILES string of the molecule is O=S(=O)([O-])[O-].[K+].[Th+4]. The van der Waals surface area contributed by atoms with E-state index in [1.54, 1.807) is 0 Å². The first-order valence-electron chi connectivity index (χ1n) is 0.667. The van der Waals surface area contributed by atoms with Crippen molar-refractivity contribution in [2.24, 2.45) is 0 Å². The molecule has 0 aliphatic rings. The van der Waals surface area contributed by atoms with Crippen molar-refractivity contribution in [2.75, 3.05) is 0 Å². The van der Waals surface area contributed by atoms with Gasteiger partial charge in [0.05, 0.1) is 0 Å². The molecule has 0 saturated carbocycles. The Morgan fingerprint density at radius 2 is 1.14 bits per heavy atom. The van der Waals surface area contributed by atoms with E-state index in [1.807, 2.05) is 0 Å². The largest absolute Gasteiger partial charge is 4.00 e. The Kier molecular flexibility index (Phi) is 16.3. The van der Waals surface area contributed by atoms with Crippen LogP contribution in [0.5, 0.6) is 0 Å². The van der Waals surface area contributed by atoms with Gasteiger partial charge in [0, 0.05) is 10.4 Å². The summed E-state index contributed by atoms with van der Waals surface area (Å²) >= 11 is 0. The van der Waals surface area contributed by atoms with Crippen LogP contribution in [0, 0.1) is 39.9 Å². The minimum atomic E-state index is -5.17. The molecular weight excluding hydrogens is 367 g/mol. The summed E-state index contributed by atoms with van der Waals surface area (Å²) in [5.41, 5.74) is 0. The molecular formula is KO4STh+3. The standard InChI is InChI=1S/K.H2O4S.Th/c;1-5(2,3)4;/h;(H2,1,2,3,4);/q+1;;+4/p-2. The maximum atomic E-state index is 8.52. The maximum absolute atomic E-state index is 8.52. The van der Waals surface area contributed by atoms with Gasteiger partial charge in [0.1, 0.15) is 0 Å². The molecule has 7 heteroatoms. The van der Waals surface area contributed by atoms with E-state index in [-0.39, 0.29) is 91.3 Å². The second-order valence-electron chi connectivity index (χ2n) is 0.408. The van der Waals surface area contributed by atoms with E-state index >= 15 is 0 Å². The van der Waals surface area contributed by atoms with Crippen molar-refractivity contribution < 1.29 is 109 Å². The van der Waals surface area contributed by atoms with Gasteiger partial charge in [-0.05, 0) is 0 Å². The second-order valence-corrected chi connectivity index (χ2v) is 1.22. The van der Waals surface area contributed by atoms with Crippen LogP contribution in [-0.4, -0.2) is 17.5 Å². The first-order chi connectivity index (χ1) is 2.00. The van der Waals surface area contributed by atoms with Crippen molar-refractivity contribution in [3.8, 4) is 0 Å². The third-order valence-electron chi connectivity index (χ3n) is 0. The summed E-state index contributed by atoms with van der Waals surface area (Å²) in [6.07, 6.45) is 0. The number of hydrogen-bond donors (Lipinski definition) is 0. The van der Waals surface area contributed by atoms with E-state index in [0.717, 1.165) is 0 Å². The summed E-state index contributed by atoms with van der Waals surface area (Å²) in [5.74, 6) is 0. The monoisotopic (exact) mass is 367 g/mol. The van der Waals surface area contributed by atoms with E-state index in [2.05, 4.69) is 0 Å². The average molecular weight is 367 g/mol. The molecule has 0 unspecified atom stereocenters. The zero-order valence-electron chi connectivity index (χ0n) is 3.54. The molecule has 4 nitrogen and oxygen atoms in total. The van der Waals surface area contributed by atoms with Crippen LogP contribution in [0.1, 0.15) is 0 Å². The van der Waals surface area contributed by atoms with Crippen LogP contribution in [-0.2, 0) is 10.4 Å². The molecule has 0 fully saturated rings. The van der Waals surface area contributed by atoms with Crippen LogP contribution in [0.15, 0.2) is 0 Å². The Morgan fingerprint density at radius 1 is 1.14 bits per heavy atom. The van der Waals surface area contributed by atoms with Gasteiger partial charge in [-0.25, -0.2) is 0 Å². The van der Waals surface area contributed by atoms with Crippen LogP contribution >= 0.6 is 0 Å². The third-order valence-corrected chi connectivity index (χ3v) is 0. The Hall–Kier alpha value is 2.83. The summed E-state index contributed by atoms with van der Waals surface area (Å²) in [7, 11) is -5.17. The molecule has 0 aliphatic heterocycles. The topological polar surface area (TPSA) is 80.3 Å². The van der Waals surface area contributed by atoms with E-state index in [1.165, 1.54) is 0 Å². The molecule has 0 atom stereocenters. The van der Waals surface area contributed by atoms with E-state index in [4.69, 9.17) is 17.5 Å². The van der Waals surface area contributed by atoms with Crippen molar-refractivity contribution in [2.45, 2.75) is 0 Å². The van der Waals surface area contributed by atoms with Gasteiger partial charge < -0.3 is 9.11 Å². The molecule has 0 aromatic heterocycles. The van der Waals surface area contributed by atoms with Crippen LogP contribution in [0.4, 0.5) is 0 Å².